The second-order valence-corrected chi connectivity index (χ2v) is 6.04. The third-order valence-corrected chi connectivity index (χ3v) is 4.87. The summed E-state index contributed by atoms with van der Waals surface area (Å²) in [5, 5.41) is 10.6. The summed E-state index contributed by atoms with van der Waals surface area (Å²) in [6.07, 6.45) is 3.87. The van der Waals surface area contributed by atoms with E-state index in [1.165, 1.54) is 16.7 Å². The molecule has 2 atom stereocenters. The molecule has 0 bridgehead atoms. The van der Waals surface area contributed by atoms with Crippen LogP contribution in [0.5, 0.6) is 0 Å². The van der Waals surface area contributed by atoms with Crippen molar-refractivity contribution in [2.75, 3.05) is 13.1 Å². The predicted octanol–water partition coefficient (Wildman–Crippen LogP) is 2.83. The van der Waals surface area contributed by atoms with E-state index in [-0.39, 0.29) is 0 Å². The summed E-state index contributed by atoms with van der Waals surface area (Å²) in [4.78, 5) is 2.56. The van der Waals surface area contributed by atoms with Crippen LogP contribution in [0.25, 0.3) is 0 Å². The molecule has 0 unspecified atom stereocenters. The molecule has 3 rings (SSSR count). The van der Waals surface area contributed by atoms with Crippen LogP contribution < -0.4 is 0 Å². The zero-order chi connectivity index (χ0) is 12.8. The Morgan fingerprint density at radius 1 is 1.39 bits per heavy atom. The van der Waals surface area contributed by atoms with E-state index < -0.39 is 5.60 Å². The first-order valence-corrected chi connectivity index (χ1v) is 7.17. The largest absolute Gasteiger partial charge is 0.390 e. The van der Waals surface area contributed by atoms with Gasteiger partial charge in [-0.3, -0.25) is 4.90 Å². The maximum absolute atomic E-state index is 10.6. The Labute approximate surface area is 110 Å². The average molecular weight is 245 g/mol. The molecule has 2 heterocycles. The van der Waals surface area contributed by atoms with E-state index in [1.54, 1.807) is 0 Å². The van der Waals surface area contributed by atoms with Crippen LogP contribution in [0.1, 0.15) is 48.9 Å². The van der Waals surface area contributed by atoms with Crippen molar-refractivity contribution in [3.05, 3.63) is 34.9 Å². The van der Waals surface area contributed by atoms with E-state index in [9.17, 15) is 5.11 Å². The Kier molecular flexibility index (Phi) is 2.95. The van der Waals surface area contributed by atoms with E-state index in [2.05, 4.69) is 36.9 Å². The quantitative estimate of drug-likeness (QED) is 0.822. The number of nitrogens with zero attached hydrogens (tertiary/aromatic N) is 1. The van der Waals surface area contributed by atoms with Crippen molar-refractivity contribution in [1.82, 2.24) is 4.90 Å². The zero-order valence-electron chi connectivity index (χ0n) is 11.4. The normalized spacial score (nSPS) is 31.8. The summed E-state index contributed by atoms with van der Waals surface area (Å²) in [5.41, 5.74) is 3.84. The highest BCUT2D eigenvalue weighted by atomic mass is 16.3. The molecule has 0 aromatic heterocycles. The minimum atomic E-state index is -0.445. The number of benzene rings is 1. The van der Waals surface area contributed by atoms with Crippen molar-refractivity contribution < 1.29 is 5.11 Å². The van der Waals surface area contributed by atoms with Gasteiger partial charge in [-0.05, 0) is 43.7 Å². The van der Waals surface area contributed by atoms with E-state index in [0.29, 0.717) is 6.04 Å². The van der Waals surface area contributed by atoms with Gasteiger partial charge in [-0.1, -0.05) is 30.7 Å². The third kappa shape index (κ3) is 1.98. The summed E-state index contributed by atoms with van der Waals surface area (Å²) in [6.45, 7) is 6.46. The third-order valence-electron chi connectivity index (χ3n) is 4.87. The van der Waals surface area contributed by atoms with Gasteiger partial charge in [0.2, 0.25) is 0 Å². The Hall–Kier alpha value is -0.860. The van der Waals surface area contributed by atoms with Gasteiger partial charge in [0, 0.05) is 19.1 Å². The maximum Gasteiger partial charge on any atom is 0.0675 e. The molecule has 1 fully saturated rings. The minimum absolute atomic E-state index is 0.437. The van der Waals surface area contributed by atoms with Crippen molar-refractivity contribution in [3.63, 3.8) is 0 Å². The van der Waals surface area contributed by atoms with Crippen LogP contribution >= 0.6 is 0 Å². The number of aliphatic hydroxyl groups is 1. The van der Waals surface area contributed by atoms with Gasteiger partial charge in [-0.2, -0.15) is 0 Å². The molecule has 1 N–H and O–H groups in total. The Balaban J connectivity index is 1.96. The summed E-state index contributed by atoms with van der Waals surface area (Å²) < 4.78 is 0. The second-order valence-electron chi connectivity index (χ2n) is 6.04. The van der Waals surface area contributed by atoms with Crippen LogP contribution in [0.4, 0.5) is 0 Å². The Morgan fingerprint density at radius 3 is 3.00 bits per heavy atom. The van der Waals surface area contributed by atoms with Crippen LogP contribution in [-0.2, 0) is 6.42 Å². The van der Waals surface area contributed by atoms with Crippen LogP contribution in [-0.4, -0.2) is 28.7 Å². The average Bonchev–Trinajstić information content (AvgIpc) is 2.39. The predicted molar refractivity (Wildman–Crippen MR) is 73.7 cm³/mol. The second kappa shape index (κ2) is 4.36. The number of hydrogen-bond donors (Lipinski definition) is 1. The van der Waals surface area contributed by atoms with Gasteiger partial charge < -0.3 is 5.11 Å². The molecule has 98 valence electrons. The van der Waals surface area contributed by atoms with E-state index in [0.717, 1.165) is 38.8 Å². The Bertz CT molecular complexity index is 456. The monoisotopic (exact) mass is 245 g/mol. The maximum atomic E-state index is 10.6. The first-order chi connectivity index (χ1) is 8.61. The van der Waals surface area contributed by atoms with E-state index >= 15 is 0 Å². The molecule has 2 aliphatic heterocycles. The molecule has 0 radical (unpaired) electrons. The summed E-state index contributed by atoms with van der Waals surface area (Å²) in [7, 11) is 0. The molecular weight excluding hydrogens is 222 g/mol. The van der Waals surface area contributed by atoms with Crippen LogP contribution in [0.15, 0.2) is 18.2 Å². The van der Waals surface area contributed by atoms with Gasteiger partial charge in [0.1, 0.15) is 0 Å². The fourth-order valence-electron chi connectivity index (χ4n) is 3.51. The number of aryl methyl sites for hydroxylation is 1. The van der Waals surface area contributed by atoms with Gasteiger partial charge in [0.15, 0.2) is 0 Å². The lowest BCUT2D eigenvalue weighted by Crippen LogP contribution is -2.48. The van der Waals surface area contributed by atoms with Crippen LogP contribution in [0, 0.1) is 6.92 Å². The molecule has 0 amide bonds. The van der Waals surface area contributed by atoms with Crippen molar-refractivity contribution in [2.45, 2.75) is 51.2 Å². The smallest absolute Gasteiger partial charge is 0.0675 e. The van der Waals surface area contributed by atoms with E-state index in [1.807, 2.05) is 0 Å². The van der Waals surface area contributed by atoms with Crippen LogP contribution in [0.3, 0.4) is 0 Å². The molecule has 0 saturated carbocycles. The van der Waals surface area contributed by atoms with Gasteiger partial charge in [0.25, 0.3) is 0 Å². The molecule has 1 aromatic rings. The molecule has 1 saturated heterocycles. The van der Waals surface area contributed by atoms with Crippen LogP contribution in [0.2, 0.25) is 0 Å². The summed E-state index contributed by atoms with van der Waals surface area (Å²) >= 11 is 0. The Morgan fingerprint density at radius 2 is 2.22 bits per heavy atom. The first kappa shape index (κ1) is 12.2. The lowest BCUT2D eigenvalue weighted by atomic mass is 9.78. The number of rotatable bonds is 1. The highest BCUT2D eigenvalue weighted by molar-refractivity contribution is 5.36. The molecule has 0 aliphatic carbocycles. The van der Waals surface area contributed by atoms with Gasteiger partial charge in [-0.25, -0.2) is 0 Å². The number of fused-ring (bicyclic) bond motifs is 3. The first-order valence-electron chi connectivity index (χ1n) is 7.17. The molecule has 2 nitrogen and oxygen atoms in total. The topological polar surface area (TPSA) is 23.5 Å². The number of hydrogen-bond acceptors (Lipinski definition) is 2. The highest BCUT2D eigenvalue weighted by Gasteiger charge is 2.39. The summed E-state index contributed by atoms with van der Waals surface area (Å²) in [5.74, 6) is 0. The standard InChI is InChI=1S/C16H23NO/c1-3-16(18)7-9-17-8-6-13-5-4-12(2)10-14(13)15(17)11-16/h4-5,10,15,18H,3,6-9,11H2,1-2H3/t15-,16+/m0/s1. The van der Waals surface area contributed by atoms with Gasteiger partial charge >= 0.3 is 0 Å². The SMILES string of the molecule is CC[C@@]1(O)CCN2CCc3ccc(C)cc3[C@@H]2C1. The van der Waals surface area contributed by atoms with Crippen molar-refractivity contribution in [2.24, 2.45) is 0 Å². The van der Waals surface area contributed by atoms with E-state index in [4.69, 9.17) is 0 Å². The van der Waals surface area contributed by atoms with Gasteiger partial charge in [-0.15, -0.1) is 0 Å². The van der Waals surface area contributed by atoms with Crippen molar-refractivity contribution in [1.29, 1.82) is 0 Å². The van der Waals surface area contributed by atoms with Gasteiger partial charge in [0.05, 0.1) is 5.60 Å². The molecule has 2 heteroatoms. The molecule has 2 aliphatic rings. The molecule has 1 aromatic carbocycles. The fourth-order valence-corrected chi connectivity index (χ4v) is 3.51. The molecule has 18 heavy (non-hydrogen) atoms. The lowest BCUT2D eigenvalue weighted by Gasteiger charge is -2.47. The number of piperidine rings is 1. The molecule has 0 spiro atoms. The highest BCUT2D eigenvalue weighted by Crippen LogP contribution is 2.41. The van der Waals surface area contributed by atoms with Crippen molar-refractivity contribution in [3.8, 4) is 0 Å². The summed E-state index contributed by atoms with van der Waals surface area (Å²) in [6, 6.07) is 7.26. The molecular formula is C16H23NO. The minimum Gasteiger partial charge on any atom is -0.390 e. The van der Waals surface area contributed by atoms with Crippen molar-refractivity contribution >= 4 is 0 Å². The lowest BCUT2D eigenvalue weighted by molar-refractivity contribution is -0.0529. The zero-order valence-corrected chi connectivity index (χ0v) is 11.4. The fraction of sp³-hybridized carbons (Fsp3) is 0.625.